The lowest BCUT2D eigenvalue weighted by molar-refractivity contribution is 0.320. The van der Waals surface area contributed by atoms with Gasteiger partial charge in [-0.25, -0.2) is 0 Å². The van der Waals surface area contributed by atoms with E-state index in [1.54, 1.807) is 0 Å². The summed E-state index contributed by atoms with van der Waals surface area (Å²) in [6.07, 6.45) is 3.91. The summed E-state index contributed by atoms with van der Waals surface area (Å²) in [7, 11) is 0. The van der Waals surface area contributed by atoms with Gasteiger partial charge in [-0.1, -0.05) is 49.1 Å². The van der Waals surface area contributed by atoms with Gasteiger partial charge in [0, 0.05) is 5.56 Å². The minimum absolute atomic E-state index is 0.588. The molecule has 0 heterocycles. The van der Waals surface area contributed by atoms with Crippen LogP contribution >= 0.6 is 0 Å². The van der Waals surface area contributed by atoms with Crippen LogP contribution in [0.25, 0.3) is 5.76 Å². The monoisotopic (exact) mass is 174 g/mol. The van der Waals surface area contributed by atoms with Crippen LogP contribution in [0.2, 0.25) is 0 Å². The van der Waals surface area contributed by atoms with Crippen molar-refractivity contribution in [2.45, 2.75) is 6.92 Å². The standard InChI is InChI=1S/C12H14O/c1-3-4-10-13-11(2)12-8-6-5-7-9-12/h3-9H,2,10H2,1H3/b4-3+. The molecule has 0 N–H and O–H groups in total. The average Bonchev–Trinajstić information content (AvgIpc) is 2.19. The molecule has 68 valence electrons. The first-order valence-corrected chi connectivity index (χ1v) is 4.33. The minimum atomic E-state index is 0.588. The van der Waals surface area contributed by atoms with Crippen molar-refractivity contribution >= 4 is 5.76 Å². The second-order valence-electron chi connectivity index (χ2n) is 2.67. The minimum Gasteiger partial charge on any atom is -0.490 e. The summed E-state index contributed by atoms with van der Waals surface area (Å²) in [5.74, 6) is 0.721. The van der Waals surface area contributed by atoms with E-state index in [4.69, 9.17) is 4.74 Å². The van der Waals surface area contributed by atoms with Crippen LogP contribution in [0.1, 0.15) is 12.5 Å². The van der Waals surface area contributed by atoms with E-state index in [-0.39, 0.29) is 0 Å². The zero-order valence-electron chi connectivity index (χ0n) is 7.86. The summed E-state index contributed by atoms with van der Waals surface area (Å²) in [6, 6.07) is 9.89. The van der Waals surface area contributed by atoms with Gasteiger partial charge in [-0.15, -0.1) is 0 Å². The number of hydrogen-bond acceptors (Lipinski definition) is 1. The maximum atomic E-state index is 5.39. The summed E-state index contributed by atoms with van der Waals surface area (Å²) in [6.45, 7) is 6.40. The molecule has 0 aliphatic heterocycles. The van der Waals surface area contributed by atoms with Gasteiger partial charge in [0.05, 0.1) is 0 Å². The van der Waals surface area contributed by atoms with Crippen LogP contribution in [0.5, 0.6) is 0 Å². The van der Waals surface area contributed by atoms with Gasteiger partial charge >= 0.3 is 0 Å². The van der Waals surface area contributed by atoms with Gasteiger partial charge < -0.3 is 4.74 Å². The van der Waals surface area contributed by atoms with E-state index >= 15 is 0 Å². The first-order chi connectivity index (χ1) is 6.34. The molecule has 0 saturated heterocycles. The Morgan fingerprint density at radius 3 is 2.69 bits per heavy atom. The molecule has 0 fully saturated rings. The van der Waals surface area contributed by atoms with E-state index in [0.717, 1.165) is 11.3 Å². The maximum absolute atomic E-state index is 5.39. The average molecular weight is 174 g/mol. The van der Waals surface area contributed by atoms with Crippen molar-refractivity contribution in [2.24, 2.45) is 0 Å². The van der Waals surface area contributed by atoms with Crippen LogP contribution in [0, 0.1) is 0 Å². The molecule has 1 aromatic carbocycles. The van der Waals surface area contributed by atoms with Crippen LogP contribution in [0.4, 0.5) is 0 Å². The Labute approximate surface area is 79.4 Å². The third-order valence-electron chi connectivity index (χ3n) is 1.69. The van der Waals surface area contributed by atoms with Gasteiger partial charge in [-0.2, -0.15) is 0 Å². The molecule has 1 heteroatoms. The summed E-state index contributed by atoms with van der Waals surface area (Å²) < 4.78 is 5.39. The fourth-order valence-electron chi connectivity index (χ4n) is 0.952. The SMILES string of the molecule is C=C(OC/C=C/C)c1ccccc1. The molecule has 0 aromatic heterocycles. The van der Waals surface area contributed by atoms with E-state index in [0.29, 0.717) is 6.61 Å². The Hall–Kier alpha value is -1.50. The van der Waals surface area contributed by atoms with Crippen molar-refractivity contribution in [3.63, 3.8) is 0 Å². The molecule has 0 bridgehead atoms. The van der Waals surface area contributed by atoms with E-state index in [9.17, 15) is 0 Å². The van der Waals surface area contributed by atoms with E-state index in [1.807, 2.05) is 49.4 Å². The first-order valence-electron chi connectivity index (χ1n) is 4.33. The summed E-state index contributed by atoms with van der Waals surface area (Å²) in [5, 5.41) is 0. The third kappa shape index (κ3) is 3.16. The molecule has 1 aromatic rings. The first kappa shape index (κ1) is 9.59. The molecular weight excluding hydrogens is 160 g/mol. The van der Waals surface area contributed by atoms with Crippen molar-refractivity contribution in [3.05, 3.63) is 54.6 Å². The number of benzene rings is 1. The van der Waals surface area contributed by atoms with Gasteiger partial charge in [0.2, 0.25) is 0 Å². The van der Waals surface area contributed by atoms with Crippen molar-refractivity contribution in [3.8, 4) is 0 Å². The van der Waals surface area contributed by atoms with Crippen molar-refractivity contribution < 1.29 is 4.74 Å². The number of rotatable bonds is 4. The Morgan fingerprint density at radius 2 is 2.08 bits per heavy atom. The molecule has 13 heavy (non-hydrogen) atoms. The van der Waals surface area contributed by atoms with Gasteiger partial charge in [0.25, 0.3) is 0 Å². The molecule has 0 saturated carbocycles. The lowest BCUT2D eigenvalue weighted by Gasteiger charge is -2.05. The normalized spacial score (nSPS) is 10.2. The van der Waals surface area contributed by atoms with Crippen molar-refractivity contribution in [2.75, 3.05) is 6.61 Å². The lowest BCUT2D eigenvalue weighted by atomic mass is 10.2. The highest BCUT2D eigenvalue weighted by atomic mass is 16.5. The van der Waals surface area contributed by atoms with Crippen LogP contribution in [-0.4, -0.2) is 6.61 Å². The summed E-state index contributed by atoms with van der Waals surface area (Å²) in [4.78, 5) is 0. The molecule has 0 amide bonds. The van der Waals surface area contributed by atoms with Crippen LogP contribution in [0.3, 0.4) is 0 Å². The molecule has 1 rings (SSSR count). The highest BCUT2D eigenvalue weighted by Crippen LogP contribution is 2.12. The Morgan fingerprint density at radius 1 is 1.38 bits per heavy atom. The second-order valence-corrected chi connectivity index (χ2v) is 2.67. The zero-order valence-corrected chi connectivity index (χ0v) is 7.86. The van der Waals surface area contributed by atoms with Crippen LogP contribution in [0.15, 0.2) is 49.1 Å². The zero-order chi connectivity index (χ0) is 9.52. The fourth-order valence-corrected chi connectivity index (χ4v) is 0.952. The lowest BCUT2D eigenvalue weighted by Crippen LogP contribution is -1.89. The molecule has 0 unspecified atom stereocenters. The van der Waals surface area contributed by atoms with Gasteiger partial charge in [-0.05, 0) is 6.92 Å². The van der Waals surface area contributed by atoms with Gasteiger partial charge in [0.1, 0.15) is 12.4 Å². The smallest absolute Gasteiger partial charge is 0.119 e. The van der Waals surface area contributed by atoms with Crippen LogP contribution in [-0.2, 0) is 4.74 Å². The van der Waals surface area contributed by atoms with Crippen LogP contribution < -0.4 is 0 Å². The maximum Gasteiger partial charge on any atom is 0.119 e. The Kier molecular flexibility index (Phi) is 3.83. The topological polar surface area (TPSA) is 9.23 Å². The predicted molar refractivity (Wildman–Crippen MR) is 56.2 cm³/mol. The molecule has 1 nitrogen and oxygen atoms in total. The Bertz CT molecular complexity index is 285. The quantitative estimate of drug-likeness (QED) is 0.503. The highest BCUT2D eigenvalue weighted by Gasteiger charge is 1.95. The fraction of sp³-hybridized carbons (Fsp3) is 0.167. The van der Waals surface area contributed by atoms with Gasteiger partial charge in [0.15, 0.2) is 0 Å². The number of ether oxygens (including phenoxy) is 1. The second kappa shape index (κ2) is 5.20. The van der Waals surface area contributed by atoms with Gasteiger partial charge in [-0.3, -0.25) is 0 Å². The molecule has 0 spiro atoms. The molecule has 0 atom stereocenters. The van der Waals surface area contributed by atoms with E-state index in [1.165, 1.54) is 0 Å². The predicted octanol–water partition coefficient (Wildman–Crippen LogP) is 3.25. The number of hydrogen-bond donors (Lipinski definition) is 0. The van der Waals surface area contributed by atoms with Crippen molar-refractivity contribution in [1.82, 2.24) is 0 Å². The van der Waals surface area contributed by atoms with E-state index in [2.05, 4.69) is 6.58 Å². The summed E-state index contributed by atoms with van der Waals surface area (Å²) in [5.41, 5.74) is 1.03. The Balaban J connectivity index is 2.49. The third-order valence-corrected chi connectivity index (χ3v) is 1.69. The molecule has 0 aliphatic rings. The summed E-state index contributed by atoms with van der Waals surface area (Å²) >= 11 is 0. The molecule has 0 aliphatic carbocycles. The number of allylic oxidation sites excluding steroid dienone is 1. The highest BCUT2D eigenvalue weighted by molar-refractivity contribution is 5.56. The van der Waals surface area contributed by atoms with E-state index < -0.39 is 0 Å². The molecular formula is C12H14O. The molecule has 0 radical (unpaired) electrons. The van der Waals surface area contributed by atoms with Crippen molar-refractivity contribution in [1.29, 1.82) is 0 Å². The largest absolute Gasteiger partial charge is 0.490 e.